The van der Waals surface area contributed by atoms with Crippen molar-refractivity contribution in [3.63, 3.8) is 0 Å². The number of rotatable bonds is 4. The second-order valence-electron chi connectivity index (χ2n) is 5.18. The van der Waals surface area contributed by atoms with E-state index in [2.05, 4.69) is 45.4 Å². The molecule has 0 spiro atoms. The number of fused-ring (bicyclic) bond motifs is 1. The van der Waals surface area contributed by atoms with Crippen LogP contribution in [0.15, 0.2) is 36.4 Å². The number of nitrogen functional groups attached to an aromatic ring is 1. The molecule has 0 aliphatic carbocycles. The Morgan fingerprint density at radius 2 is 2.10 bits per heavy atom. The maximum absolute atomic E-state index is 5.84. The largest absolute Gasteiger partial charge is 0.399 e. The smallest absolute Gasteiger partial charge is 0.200 e. The summed E-state index contributed by atoms with van der Waals surface area (Å²) >= 11 is 0. The molecule has 0 aliphatic rings. The second kappa shape index (κ2) is 5.35. The Balaban J connectivity index is 1.93. The molecular formula is C14H17N7. The Hall–Kier alpha value is -2.70. The van der Waals surface area contributed by atoms with Gasteiger partial charge in [-0.1, -0.05) is 12.1 Å². The maximum atomic E-state index is 5.84. The van der Waals surface area contributed by atoms with E-state index in [1.54, 1.807) is 0 Å². The summed E-state index contributed by atoms with van der Waals surface area (Å²) in [7, 11) is 0. The van der Waals surface area contributed by atoms with Crippen LogP contribution in [0.25, 0.3) is 5.65 Å². The molecule has 1 aromatic carbocycles. The fraction of sp³-hybridized carbons (Fsp3) is 0.286. The Bertz CT molecular complexity index is 750. The Kier molecular flexibility index (Phi) is 3.39. The Labute approximate surface area is 122 Å². The lowest BCUT2D eigenvalue weighted by Crippen LogP contribution is -2.31. The van der Waals surface area contributed by atoms with Gasteiger partial charge in [0.05, 0.1) is 0 Å². The number of hydrogen-bond donors (Lipinski definition) is 1. The highest BCUT2D eigenvalue weighted by Gasteiger charge is 2.14. The van der Waals surface area contributed by atoms with Crippen molar-refractivity contribution in [1.29, 1.82) is 0 Å². The number of tetrazole rings is 1. The van der Waals surface area contributed by atoms with E-state index in [0.717, 1.165) is 23.6 Å². The van der Waals surface area contributed by atoms with E-state index in [-0.39, 0.29) is 6.04 Å². The van der Waals surface area contributed by atoms with E-state index < -0.39 is 0 Å². The average molecular weight is 283 g/mol. The number of nitrogens with two attached hydrogens (primary N) is 1. The molecule has 0 aliphatic heterocycles. The molecule has 0 radical (unpaired) electrons. The molecule has 7 nitrogen and oxygen atoms in total. The van der Waals surface area contributed by atoms with Crippen LogP contribution in [0.5, 0.6) is 0 Å². The van der Waals surface area contributed by atoms with Gasteiger partial charge in [-0.3, -0.25) is 0 Å². The minimum absolute atomic E-state index is 0.285. The molecule has 108 valence electrons. The molecule has 0 atom stereocenters. The fourth-order valence-corrected chi connectivity index (χ4v) is 2.21. The number of anilines is 2. The third kappa shape index (κ3) is 2.76. The highest BCUT2D eigenvalue weighted by Crippen LogP contribution is 2.18. The molecule has 0 fully saturated rings. The van der Waals surface area contributed by atoms with Gasteiger partial charge in [-0.05, 0) is 54.1 Å². The molecule has 21 heavy (non-hydrogen) atoms. The third-order valence-electron chi connectivity index (χ3n) is 3.28. The van der Waals surface area contributed by atoms with Crippen molar-refractivity contribution >= 4 is 17.2 Å². The van der Waals surface area contributed by atoms with Gasteiger partial charge in [0.25, 0.3) is 0 Å². The maximum Gasteiger partial charge on any atom is 0.200 e. The summed E-state index contributed by atoms with van der Waals surface area (Å²) < 4.78 is 1.43. The lowest BCUT2D eigenvalue weighted by atomic mass is 10.1. The van der Waals surface area contributed by atoms with E-state index >= 15 is 0 Å². The molecular weight excluding hydrogens is 266 g/mol. The second-order valence-corrected chi connectivity index (χ2v) is 5.18. The van der Waals surface area contributed by atoms with Crippen molar-refractivity contribution in [2.24, 2.45) is 0 Å². The Morgan fingerprint density at radius 1 is 1.24 bits per heavy atom. The normalized spacial score (nSPS) is 11.2. The van der Waals surface area contributed by atoms with Gasteiger partial charge in [0.1, 0.15) is 0 Å². The fourth-order valence-electron chi connectivity index (χ4n) is 2.21. The summed E-state index contributed by atoms with van der Waals surface area (Å²) in [5.74, 6) is 0.826. The van der Waals surface area contributed by atoms with Gasteiger partial charge in [-0.25, -0.2) is 0 Å². The van der Waals surface area contributed by atoms with Gasteiger partial charge >= 0.3 is 0 Å². The van der Waals surface area contributed by atoms with Crippen LogP contribution >= 0.6 is 0 Å². The van der Waals surface area contributed by atoms with Crippen LogP contribution in [0, 0.1) is 0 Å². The number of aromatic nitrogens is 5. The van der Waals surface area contributed by atoms with Gasteiger partial charge in [0.15, 0.2) is 11.5 Å². The monoisotopic (exact) mass is 283 g/mol. The lowest BCUT2D eigenvalue weighted by Gasteiger charge is -2.27. The first-order chi connectivity index (χ1) is 10.1. The summed E-state index contributed by atoms with van der Waals surface area (Å²) in [4.78, 5) is 2.18. The number of nitrogens with zero attached hydrogens (tertiary/aromatic N) is 6. The van der Waals surface area contributed by atoms with Gasteiger partial charge in [0.2, 0.25) is 0 Å². The summed E-state index contributed by atoms with van der Waals surface area (Å²) in [5, 5.41) is 15.8. The van der Waals surface area contributed by atoms with E-state index in [0.29, 0.717) is 5.65 Å². The summed E-state index contributed by atoms with van der Waals surface area (Å²) in [5.41, 5.74) is 8.38. The van der Waals surface area contributed by atoms with E-state index in [4.69, 9.17) is 5.73 Å². The molecule has 2 aromatic heterocycles. The van der Waals surface area contributed by atoms with Crippen LogP contribution in [0.1, 0.15) is 19.4 Å². The molecule has 3 aromatic rings. The van der Waals surface area contributed by atoms with Crippen molar-refractivity contribution in [3.05, 3.63) is 42.0 Å². The quantitative estimate of drug-likeness (QED) is 0.731. The molecule has 2 N–H and O–H groups in total. The molecule has 3 rings (SSSR count). The van der Waals surface area contributed by atoms with Crippen molar-refractivity contribution in [3.8, 4) is 0 Å². The van der Waals surface area contributed by atoms with E-state index in [9.17, 15) is 0 Å². The first-order valence-electron chi connectivity index (χ1n) is 6.80. The molecule has 0 unspecified atom stereocenters. The first kappa shape index (κ1) is 13.3. The van der Waals surface area contributed by atoms with Gasteiger partial charge < -0.3 is 10.6 Å². The molecule has 0 saturated heterocycles. The van der Waals surface area contributed by atoms with Crippen LogP contribution in [0.2, 0.25) is 0 Å². The zero-order chi connectivity index (χ0) is 14.8. The van der Waals surface area contributed by atoms with Crippen LogP contribution in [-0.2, 0) is 6.54 Å². The highest BCUT2D eigenvalue weighted by atomic mass is 15.6. The standard InChI is InChI=1S/C14H17N7/c1-10(2)20(9-11-4-3-5-12(15)8-11)14-7-6-13-16-18-19-21(13)17-14/h3-8,10H,9,15H2,1-2H3. The van der Waals surface area contributed by atoms with Crippen LogP contribution in [0.3, 0.4) is 0 Å². The topological polar surface area (TPSA) is 85.2 Å². The summed E-state index contributed by atoms with van der Waals surface area (Å²) in [6.45, 7) is 4.97. The molecule has 2 heterocycles. The summed E-state index contributed by atoms with van der Waals surface area (Å²) in [6, 6.07) is 11.9. The van der Waals surface area contributed by atoms with Crippen molar-refractivity contribution in [2.75, 3.05) is 10.6 Å². The predicted molar refractivity (Wildman–Crippen MR) is 80.8 cm³/mol. The SMILES string of the molecule is CC(C)N(Cc1cccc(N)c1)c1ccc2nnnn2n1. The summed E-state index contributed by atoms with van der Waals surface area (Å²) in [6.07, 6.45) is 0. The van der Waals surface area contributed by atoms with Crippen molar-refractivity contribution in [2.45, 2.75) is 26.4 Å². The molecule has 0 saturated carbocycles. The minimum atomic E-state index is 0.285. The Morgan fingerprint density at radius 3 is 2.86 bits per heavy atom. The number of hydrogen-bond acceptors (Lipinski definition) is 6. The van der Waals surface area contributed by atoms with Gasteiger partial charge in [0, 0.05) is 18.3 Å². The van der Waals surface area contributed by atoms with E-state index in [1.807, 2.05) is 30.3 Å². The highest BCUT2D eigenvalue weighted by molar-refractivity contribution is 5.47. The first-order valence-corrected chi connectivity index (χ1v) is 6.80. The van der Waals surface area contributed by atoms with Gasteiger partial charge in [-0.2, -0.15) is 0 Å². The van der Waals surface area contributed by atoms with Gasteiger partial charge in [-0.15, -0.1) is 14.8 Å². The molecule has 0 amide bonds. The van der Waals surface area contributed by atoms with Crippen LogP contribution in [0.4, 0.5) is 11.5 Å². The van der Waals surface area contributed by atoms with Crippen molar-refractivity contribution < 1.29 is 0 Å². The van der Waals surface area contributed by atoms with Crippen molar-refractivity contribution in [1.82, 2.24) is 25.3 Å². The zero-order valence-electron chi connectivity index (χ0n) is 12.0. The zero-order valence-corrected chi connectivity index (χ0v) is 12.0. The third-order valence-corrected chi connectivity index (χ3v) is 3.28. The van der Waals surface area contributed by atoms with Crippen LogP contribution < -0.4 is 10.6 Å². The van der Waals surface area contributed by atoms with Crippen LogP contribution in [-0.4, -0.2) is 31.3 Å². The lowest BCUT2D eigenvalue weighted by molar-refractivity contribution is 0.647. The van der Waals surface area contributed by atoms with E-state index in [1.165, 1.54) is 4.63 Å². The molecule has 7 heteroatoms. The minimum Gasteiger partial charge on any atom is -0.399 e. The molecule has 0 bridgehead atoms. The predicted octanol–water partition coefficient (Wildman–Crippen LogP) is 1.52. The number of benzene rings is 1. The average Bonchev–Trinajstić information content (AvgIpc) is 2.92.